The van der Waals surface area contributed by atoms with E-state index in [9.17, 15) is 0 Å². The van der Waals surface area contributed by atoms with E-state index in [0.717, 1.165) is 31.6 Å². The van der Waals surface area contributed by atoms with E-state index in [1.165, 1.54) is 18.4 Å². The molecule has 0 atom stereocenters. The number of hydrogen-bond donors (Lipinski definition) is 2. The molecule has 3 N–H and O–H groups in total. The normalized spacial score (nSPS) is 13.3. The third-order valence-corrected chi connectivity index (χ3v) is 2.28. The highest BCUT2D eigenvalue weighted by molar-refractivity contribution is 5.23. The molecule has 0 saturated heterocycles. The van der Waals surface area contributed by atoms with Crippen LogP contribution in [0.15, 0.2) is 23.4 Å². The van der Waals surface area contributed by atoms with Crippen LogP contribution in [0.4, 0.5) is 0 Å². The molecule has 0 spiro atoms. The summed E-state index contributed by atoms with van der Waals surface area (Å²) in [5, 5.41) is 3.43. The van der Waals surface area contributed by atoms with E-state index in [1.807, 2.05) is 0 Å². The third kappa shape index (κ3) is 8.25. The van der Waals surface area contributed by atoms with Crippen LogP contribution in [0.25, 0.3) is 0 Å². The first-order chi connectivity index (χ1) is 7.24. The monoisotopic (exact) mass is 210 g/mol. The van der Waals surface area contributed by atoms with Gasteiger partial charge in [-0.2, -0.15) is 0 Å². The molecule has 0 aliphatic rings. The van der Waals surface area contributed by atoms with E-state index < -0.39 is 0 Å². The van der Waals surface area contributed by atoms with Crippen molar-refractivity contribution in [3.05, 3.63) is 23.4 Å². The molecular formula is C13H26N2. The summed E-state index contributed by atoms with van der Waals surface area (Å²) in [6.07, 6.45) is 8.82. The maximum atomic E-state index is 5.83. The second-order valence-corrected chi connectivity index (χ2v) is 3.79. The Balaban J connectivity index is 4.01. The molecule has 0 aromatic carbocycles. The molecule has 2 heteroatoms. The van der Waals surface area contributed by atoms with Gasteiger partial charge in [0.15, 0.2) is 0 Å². The Bertz CT molecular complexity index is 205. The SMILES string of the molecule is CC/C=C(\C=C(/N)CC)CNCCCC. The molecule has 0 rings (SSSR count). The minimum atomic E-state index is 0.927. The van der Waals surface area contributed by atoms with Gasteiger partial charge in [0.05, 0.1) is 0 Å². The van der Waals surface area contributed by atoms with Crippen LogP contribution in [0, 0.1) is 0 Å². The van der Waals surface area contributed by atoms with Gasteiger partial charge in [0.25, 0.3) is 0 Å². The molecular weight excluding hydrogens is 184 g/mol. The summed E-state index contributed by atoms with van der Waals surface area (Å²) < 4.78 is 0. The van der Waals surface area contributed by atoms with Crippen LogP contribution in [0.2, 0.25) is 0 Å². The van der Waals surface area contributed by atoms with Crippen molar-refractivity contribution in [3.63, 3.8) is 0 Å². The Morgan fingerprint density at radius 3 is 2.53 bits per heavy atom. The lowest BCUT2D eigenvalue weighted by Gasteiger charge is -2.06. The van der Waals surface area contributed by atoms with Crippen molar-refractivity contribution >= 4 is 0 Å². The van der Waals surface area contributed by atoms with E-state index in [1.54, 1.807) is 0 Å². The van der Waals surface area contributed by atoms with Crippen LogP contribution in [-0.4, -0.2) is 13.1 Å². The van der Waals surface area contributed by atoms with Gasteiger partial charge in [0, 0.05) is 12.2 Å². The first kappa shape index (κ1) is 14.2. The number of hydrogen-bond acceptors (Lipinski definition) is 2. The zero-order chi connectivity index (χ0) is 11.5. The van der Waals surface area contributed by atoms with Crippen molar-refractivity contribution < 1.29 is 0 Å². The highest BCUT2D eigenvalue weighted by Crippen LogP contribution is 2.02. The Morgan fingerprint density at radius 2 is 2.00 bits per heavy atom. The zero-order valence-electron chi connectivity index (χ0n) is 10.5. The molecule has 0 amide bonds. The molecule has 0 bridgehead atoms. The van der Waals surface area contributed by atoms with Crippen LogP contribution >= 0.6 is 0 Å². The first-order valence-corrected chi connectivity index (χ1v) is 6.10. The summed E-state index contributed by atoms with van der Waals surface area (Å²) in [7, 11) is 0. The lowest BCUT2D eigenvalue weighted by molar-refractivity contribution is 0.673. The van der Waals surface area contributed by atoms with Crippen molar-refractivity contribution in [1.29, 1.82) is 0 Å². The van der Waals surface area contributed by atoms with Gasteiger partial charge in [-0.1, -0.05) is 33.3 Å². The van der Waals surface area contributed by atoms with Gasteiger partial charge in [0.1, 0.15) is 0 Å². The number of nitrogens with one attached hydrogen (secondary N) is 1. The average Bonchev–Trinajstić information content (AvgIpc) is 2.24. The summed E-state index contributed by atoms with van der Waals surface area (Å²) in [5.41, 5.74) is 8.10. The summed E-state index contributed by atoms with van der Waals surface area (Å²) in [4.78, 5) is 0. The van der Waals surface area contributed by atoms with Crippen LogP contribution in [-0.2, 0) is 0 Å². The van der Waals surface area contributed by atoms with E-state index >= 15 is 0 Å². The van der Waals surface area contributed by atoms with Crippen molar-refractivity contribution in [3.8, 4) is 0 Å². The van der Waals surface area contributed by atoms with Gasteiger partial charge < -0.3 is 11.1 Å². The van der Waals surface area contributed by atoms with Gasteiger partial charge in [-0.25, -0.2) is 0 Å². The van der Waals surface area contributed by atoms with E-state index in [4.69, 9.17) is 5.73 Å². The van der Waals surface area contributed by atoms with Crippen molar-refractivity contribution in [2.45, 2.75) is 46.5 Å². The fourth-order valence-electron chi connectivity index (χ4n) is 1.32. The van der Waals surface area contributed by atoms with Crippen molar-refractivity contribution in [1.82, 2.24) is 5.32 Å². The lowest BCUT2D eigenvalue weighted by Crippen LogP contribution is -2.18. The molecule has 0 unspecified atom stereocenters. The van der Waals surface area contributed by atoms with Gasteiger partial charge in [-0.15, -0.1) is 0 Å². The molecule has 88 valence electrons. The van der Waals surface area contributed by atoms with Gasteiger partial charge in [-0.3, -0.25) is 0 Å². The predicted octanol–water partition coefficient (Wildman–Crippen LogP) is 2.97. The van der Waals surface area contributed by atoms with Crippen LogP contribution in [0.5, 0.6) is 0 Å². The number of nitrogens with two attached hydrogens (primary N) is 1. The summed E-state index contributed by atoms with van der Waals surface area (Å²) >= 11 is 0. The van der Waals surface area contributed by atoms with Crippen LogP contribution < -0.4 is 11.1 Å². The highest BCUT2D eigenvalue weighted by atomic mass is 14.8. The molecule has 15 heavy (non-hydrogen) atoms. The van der Waals surface area contributed by atoms with E-state index in [0.29, 0.717) is 0 Å². The van der Waals surface area contributed by atoms with E-state index in [2.05, 4.69) is 38.2 Å². The summed E-state index contributed by atoms with van der Waals surface area (Å²) in [6.45, 7) is 8.48. The quantitative estimate of drug-likeness (QED) is 0.477. The van der Waals surface area contributed by atoms with Crippen molar-refractivity contribution in [2.24, 2.45) is 5.73 Å². The second kappa shape index (κ2) is 9.78. The number of rotatable bonds is 8. The van der Waals surface area contributed by atoms with Crippen LogP contribution in [0.1, 0.15) is 46.5 Å². The second-order valence-electron chi connectivity index (χ2n) is 3.79. The minimum Gasteiger partial charge on any atom is -0.402 e. The Morgan fingerprint density at radius 1 is 1.27 bits per heavy atom. The Labute approximate surface area is 94.6 Å². The molecule has 0 saturated carbocycles. The maximum absolute atomic E-state index is 5.83. The standard InChI is InChI=1S/C13H26N2/c1-4-7-9-15-11-12(8-5-2)10-13(14)6-3/h8,10,15H,4-7,9,11,14H2,1-3H3/b12-8+,13-10-. The Hall–Kier alpha value is -0.760. The predicted molar refractivity (Wildman–Crippen MR) is 68.7 cm³/mol. The number of allylic oxidation sites excluding steroid dienone is 2. The first-order valence-electron chi connectivity index (χ1n) is 6.10. The maximum Gasteiger partial charge on any atom is 0.0202 e. The average molecular weight is 210 g/mol. The summed E-state index contributed by atoms with van der Waals surface area (Å²) in [6, 6.07) is 0. The smallest absolute Gasteiger partial charge is 0.0202 e. The molecule has 0 aromatic rings. The van der Waals surface area contributed by atoms with E-state index in [-0.39, 0.29) is 0 Å². The fourth-order valence-corrected chi connectivity index (χ4v) is 1.32. The molecule has 0 aliphatic carbocycles. The topological polar surface area (TPSA) is 38.0 Å². The van der Waals surface area contributed by atoms with Crippen molar-refractivity contribution in [2.75, 3.05) is 13.1 Å². The molecule has 0 heterocycles. The van der Waals surface area contributed by atoms with Crippen LogP contribution in [0.3, 0.4) is 0 Å². The van der Waals surface area contributed by atoms with Gasteiger partial charge in [0.2, 0.25) is 0 Å². The molecule has 0 aliphatic heterocycles. The van der Waals surface area contributed by atoms with Gasteiger partial charge >= 0.3 is 0 Å². The molecule has 2 nitrogen and oxygen atoms in total. The Kier molecular flexibility index (Phi) is 9.29. The molecule has 0 radical (unpaired) electrons. The highest BCUT2D eigenvalue weighted by Gasteiger charge is 1.94. The lowest BCUT2D eigenvalue weighted by atomic mass is 10.1. The van der Waals surface area contributed by atoms with Gasteiger partial charge in [-0.05, 0) is 37.5 Å². The minimum absolute atomic E-state index is 0.927. The largest absolute Gasteiger partial charge is 0.402 e. The molecule has 0 aromatic heterocycles. The fraction of sp³-hybridized carbons (Fsp3) is 0.692. The zero-order valence-corrected chi connectivity index (χ0v) is 10.5. The molecule has 0 fully saturated rings. The summed E-state index contributed by atoms with van der Waals surface area (Å²) in [5.74, 6) is 0. The number of unbranched alkanes of at least 4 members (excludes halogenated alkanes) is 1. The third-order valence-electron chi connectivity index (χ3n) is 2.28.